The average molecular weight is 924 g/mol. The first-order valence-electron chi connectivity index (χ1n) is 24.3. The fourth-order valence-electron chi connectivity index (χ4n) is 9.58. The van der Waals surface area contributed by atoms with Crippen LogP contribution in [0.25, 0.3) is 42.1 Å². The van der Waals surface area contributed by atoms with Gasteiger partial charge in [0.05, 0.1) is 17.0 Å². The topological polar surface area (TPSA) is 23.8 Å². The van der Waals surface area contributed by atoms with Crippen molar-refractivity contribution in [1.29, 1.82) is 5.26 Å². The van der Waals surface area contributed by atoms with Crippen molar-refractivity contribution in [3.05, 3.63) is 297 Å². The van der Waals surface area contributed by atoms with E-state index < -0.39 is 0 Å². The van der Waals surface area contributed by atoms with Gasteiger partial charge in [-0.05, 0) is 139 Å². The van der Waals surface area contributed by atoms with Gasteiger partial charge in [0.2, 0.25) is 0 Å². The molecule has 0 fully saturated rings. The van der Waals surface area contributed by atoms with Gasteiger partial charge >= 0.3 is 0 Å². The molecule has 10 aromatic carbocycles. The van der Waals surface area contributed by atoms with Crippen LogP contribution in [0.2, 0.25) is 0 Å². The van der Waals surface area contributed by atoms with E-state index in [2.05, 4.69) is 229 Å². The quantitative estimate of drug-likeness (QED) is 0.173. The summed E-state index contributed by atoms with van der Waals surface area (Å²) < 4.78 is 2.77. The lowest BCUT2D eigenvalue weighted by atomic mass is 9.67. The first-order chi connectivity index (χ1) is 34.1. The van der Waals surface area contributed by atoms with Crippen LogP contribution in [0.1, 0.15) is 73.7 Å². The van der Waals surface area contributed by atoms with Gasteiger partial charge in [-0.3, -0.25) is 0 Å². The molecule has 11 aromatic rings. The van der Waals surface area contributed by atoms with Gasteiger partial charge in [-0.15, -0.1) is 11.3 Å². The third-order valence-electron chi connectivity index (χ3n) is 13.2. The molecule has 0 bridgehead atoms. The SMILES string of the molecule is CCc1ccccc1.Cc1ccc(C)c(C#N)c1.Cc1ccc2c(c1)C(c1ccccc1)(c1ccccc1)c1cc(C)c3ccccc3c1-2.Cc1ccc2sc3ccccc3c2c1.Cc1ccccc1. The summed E-state index contributed by atoms with van der Waals surface area (Å²) >= 11 is 1.87. The molecular formula is C68H61NS. The molecule has 0 saturated carbocycles. The van der Waals surface area contributed by atoms with Gasteiger partial charge in [0.1, 0.15) is 0 Å². The number of nitrogens with zero attached hydrogens (tertiary/aromatic N) is 1. The fraction of sp³-hybridized carbons (Fsp3) is 0.132. The summed E-state index contributed by atoms with van der Waals surface area (Å²) in [6.07, 6.45) is 1.14. The molecule has 70 heavy (non-hydrogen) atoms. The Balaban J connectivity index is 0.000000138. The van der Waals surface area contributed by atoms with Crippen LogP contribution < -0.4 is 0 Å². The molecule has 1 aliphatic carbocycles. The second-order valence-electron chi connectivity index (χ2n) is 18.2. The molecule has 1 nitrogen and oxygen atoms in total. The molecule has 0 atom stereocenters. The maximum Gasteiger partial charge on any atom is 0.0994 e. The van der Waals surface area contributed by atoms with E-state index in [1.807, 2.05) is 67.6 Å². The Kier molecular flexibility index (Phi) is 15.6. The van der Waals surface area contributed by atoms with Crippen molar-refractivity contribution in [3.8, 4) is 17.2 Å². The number of benzene rings is 10. The molecule has 12 rings (SSSR count). The van der Waals surface area contributed by atoms with Crippen molar-refractivity contribution >= 4 is 42.3 Å². The number of aryl methyl sites for hydroxylation is 7. The van der Waals surface area contributed by atoms with Crippen LogP contribution in [-0.2, 0) is 11.8 Å². The third-order valence-corrected chi connectivity index (χ3v) is 14.3. The Bertz CT molecular complexity index is 3490. The van der Waals surface area contributed by atoms with Crippen molar-refractivity contribution in [2.24, 2.45) is 0 Å². The average Bonchev–Trinajstić information content (AvgIpc) is 3.91. The lowest BCUT2D eigenvalue weighted by molar-refractivity contribution is 0.767. The Labute approximate surface area is 420 Å². The zero-order chi connectivity index (χ0) is 49.0. The summed E-state index contributed by atoms with van der Waals surface area (Å²) in [6, 6.07) is 84.3. The molecule has 1 aromatic heterocycles. The van der Waals surface area contributed by atoms with E-state index in [1.54, 1.807) is 0 Å². The van der Waals surface area contributed by atoms with E-state index >= 15 is 0 Å². The molecule has 0 radical (unpaired) electrons. The number of thiophene rings is 1. The molecule has 0 spiro atoms. The summed E-state index contributed by atoms with van der Waals surface area (Å²) in [5, 5.41) is 14.1. The molecule has 1 aliphatic rings. The molecule has 2 heteroatoms. The lowest BCUT2D eigenvalue weighted by Gasteiger charge is -2.34. The van der Waals surface area contributed by atoms with E-state index in [0.29, 0.717) is 0 Å². The maximum absolute atomic E-state index is 8.59. The van der Waals surface area contributed by atoms with Gasteiger partial charge in [0.25, 0.3) is 0 Å². The highest BCUT2D eigenvalue weighted by Gasteiger charge is 2.46. The van der Waals surface area contributed by atoms with Crippen LogP contribution in [0.5, 0.6) is 0 Å². The van der Waals surface area contributed by atoms with E-state index in [-0.39, 0.29) is 5.41 Å². The molecule has 0 aliphatic heterocycles. The minimum absolute atomic E-state index is 0.325. The second kappa shape index (κ2) is 22.5. The zero-order valence-corrected chi connectivity index (χ0v) is 42.3. The lowest BCUT2D eigenvalue weighted by Crippen LogP contribution is -2.28. The van der Waals surface area contributed by atoms with Gasteiger partial charge in [-0.2, -0.15) is 5.26 Å². The van der Waals surface area contributed by atoms with Crippen molar-refractivity contribution in [1.82, 2.24) is 0 Å². The van der Waals surface area contributed by atoms with Crippen molar-refractivity contribution in [2.45, 2.75) is 60.3 Å². The third kappa shape index (κ3) is 10.6. The summed E-state index contributed by atoms with van der Waals surface area (Å²) in [7, 11) is 0. The number of hydrogen-bond acceptors (Lipinski definition) is 2. The number of fused-ring (bicyclic) bond motifs is 8. The first kappa shape index (κ1) is 48.6. The zero-order valence-electron chi connectivity index (χ0n) is 41.5. The molecule has 0 unspecified atom stereocenters. The Morgan fingerprint density at radius 3 is 1.47 bits per heavy atom. The van der Waals surface area contributed by atoms with Gasteiger partial charge in [-0.1, -0.05) is 230 Å². The van der Waals surface area contributed by atoms with Crippen LogP contribution in [0.3, 0.4) is 0 Å². The summed E-state index contributed by atoms with van der Waals surface area (Å²) in [5.74, 6) is 0. The molecule has 0 saturated heterocycles. The number of rotatable bonds is 3. The molecular weight excluding hydrogens is 863 g/mol. The van der Waals surface area contributed by atoms with Gasteiger partial charge in [-0.25, -0.2) is 0 Å². The first-order valence-corrected chi connectivity index (χ1v) is 25.1. The summed E-state index contributed by atoms with van der Waals surface area (Å²) in [5.41, 5.74) is 17.5. The van der Waals surface area contributed by atoms with Crippen LogP contribution >= 0.6 is 11.3 Å². The van der Waals surface area contributed by atoms with E-state index in [1.165, 1.54) is 92.1 Å². The highest BCUT2D eigenvalue weighted by molar-refractivity contribution is 7.25. The number of hydrogen-bond donors (Lipinski definition) is 0. The van der Waals surface area contributed by atoms with Gasteiger partial charge < -0.3 is 0 Å². The van der Waals surface area contributed by atoms with Crippen molar-refractivity contribution < 1.29 is 0 Å². The highest BCUT2D eigenvalue weighted by Crippen LogP contribution is 2.58. The predicted molar refractivity (Wildman–Crippen MR) is 302 cm³/mol. The Morgan fingerprint density at radius 1 is 0.400 bits per heavy atom. The maximum atomic E-state index is 8.59. The summed E-state index contributed by atoms with van der Waals surface area (Å²) in [4.78, 5) is 0. The van der Waals surface area contributed by atoms with Crippen LogP contribution in [0.15, 0.2) is 231 Å². The Hall–Kier alpha value is -7.83. The Morgan fingerprint density at radius 2 is 0.900 bits per heavy atom. The van der Waals surface area contributed by atoms with Crippen LogP contribution in [0.4, 0.5) is 0 Å². The molecule has 1 heterocycles. The van der Waals surface area contributed by atoms with Crippen molar-refractivity contribution in [2.75, 3.05) is 0 Å². The van der Waals surface area contributed by atoms with E-state index in [9.17, 15) is 0 Å². The summed E-state index contributed by atoms with van der Waals surface area (Å²) in [6.45, 7) is 14.8. The van der Waals surface area contributed by atoms with Gasteiger partial charge in [0.15, 0.2) is 0 Å². The second-order valence-corrected chi connectivity index (χ2v) is 19.3. The van der Waals surface area contributed by atoms with E-state index in [0.717, 1.165) is 23.1 Å². The fourth-order valence-corrected chi connectivity index (χ4v) is 10.7. The highest BCUT2D eigenvalue weighted by atomic mass is 32.1. The molecule has 344 valence electrons. The van der Waals surface area contributed by atoms with Gasteiger partial charge in [0, 0.05) is 20.2 Å². The normalized spacial score (nSPS) is 11.5. The standard InChI is InChI=1S/C31H24.C13H10S.C9H9N.C8H10.C7H8/c1-21-17-18-27-28(19-21)31(23-11-5-3-6-12-23,24-13-7-4-8-14-24)29-20-22(2)25-15-9-10-16-26(25)30(27)29;1-9-6-7-13-11(8-9)10-4-2-3-5-12(10)14-13;1-7-3-4-8(2)9(5-7)6-10;1-2-8-6-4-3-5-7-8;1-7-5-3-2-4-6-7/h3-20H,1-2H3;2-8H,1H3;3-5H,1-2H3;3-7H,2H2,1H3;2-6H,1H3. The predicted octanol–water partition coefficient (Wildman–Crippen LogP) is 18.6. The van der Waals surface area contributed by atoms with E-state index in [4.69, 9.17) is 5.26 Å². The number of nitriles is 1. The minimum atomic E-state index is -0.325. The van der Waals surface area contributed by atoms with Crippen LogP contribution in [-0.4, -0.2) is 0 Å². The smallest absolute Gasteiger partial charge is 0.0994 e. The largest absolute Gasteiger partial charge is 0.192 e. The molecule has 0 amide bonds. The van der Waals surface area contributed by atoms with Crippen molar-refractivity contribution in [3.63, 3.8) is 0 Å². The minimum Gasteiger partial charge on any atom is -0.192 e. The molecule has 0 N–H and O–H groups in total. The monoisotopic (exact) mass is 923 g/mol. The van der Waals surface area contributed by atoms with Crippen LogP contribution in [0, 0.1) is 52.9 Å².